The van der Waals surface area contributed by atoms with Crippen LogP contribution in [0.1, 0.15) is 37.7 Å². The van der Waals surface area contributed by atoms with E-state index in [2.05, 4.69) is 15.8 Å². The second-order valence-electron chi connectivity index (χ2n) is 7.10. The highest BCUT2D eigenvalue weighted by atomic mass is 19.1. The van der Waals surface area contributed by atoms with Gasteiger partial charge in [0.05, 0.1) is 16.6 Å². The lowest BCUT2D eigenvalue weighted by Crippen LogP contribution is -2.47. The van der Waals surface area contributed by atoms with Gasteiger partial charge in [-0.2, -0.15) is 0 Å². The van der Waals surface area contributed by atoms with Crippen molar-refractivity contribution in [2.24, 2.45) is 0 Å². The first-order chi connectivity index (χ1) is 13.2. The topological polar surface area (TPSA) is 54.0 Å². The molecule has 1 amide bonds. The molecule has 1 aliphatic rings. The summed E-state index contributed by atoms with van der Waals surface area (Å²) >= 11 is 0. The Morgan fingerprint density at radius 3 is 2.52 bits per heavy atom. The monoisotopic (exact) mass is 363 g/mol. The molecule has 0 saturated heterocycles. The Balaban J connectivity index is 1.59. The van der Waals surface area contributed by atoms with Crippen LogP contribution in [0.3, 0.4) is 0 Å². The summed E-state index contributed by atoms with van der Waals surface area (Å²) in [5.74, 6) is -0.360. The van der Waals surface area contributed by atoms with Crippen LogP contribution in [0, 0.1) is 5.82 Å². The highest BCUT2D eigenvalue weighted by Crippen LogP contribution is 2.40. The Morgan fingerprint density at radius 2 is 1.74 bits per heavy atom. The van der Waals surface area contributed by atoms with Gasteiger partial charge in [0.1, 0.15) is 5.82 Å². The van der Waals surface area contributed by atoms with Gasteiger partial charge in [0.25, 0.3) is 0 Å². The predicted molar refractivity (Wildman–Crippen MR) is 105 cm³/mol. The Labute approximate surface area is 157 Å². The lowest BCUT2D eigenvalue weighted by molar-refractivity contribution is -0.127. The third-order valence-electron chi connectivity index (χ3n) is 5.49. The molecule has 1 aromatic heterocycles. The largest absolute Gasteiger partial charge is 0.298 e. The molecule has 0 radical (unpaired) electrons. The Bertz CT molecular complexity index is 944. The van der Waals surface area contributed by atoms with Crippen molar-refractivity contribution in [2.45, 2.75) is 37.5 Å². The molecule has 1 heterocycles. The Hall–Kier alpha value is -2.95. The van der Waals surface area contributed by atoms with Gasteiger partial charge in [-0.05, 0) is 54.8 Å². The van der Waals surface area contributed by atoms with E-state index in [0.717, 1.165) is 54.3 Å². The second kappa shape index (κ2) is 7.35. The number of amides is 1. The molecule has 1 saturated carbocycles. The molecule has 0 spiro atoms. The fourth-order valence-electron chi connectivity index (χ4n) is 4.03. The summed E-state index contributed by atoms with van der Waals surface area (Å²) in [5.41, 5.74) is 7.90. The van der Waals surface area contributed by atoms with Crippen LogP contribution >= 0.6 is 0 Å². The van der Waals surface area contributed by atoms with E-state index >= 15 is 0 Å². The van der Waals surface area contributed by atoms with Crippen LogP contribution in [0.2, 0.25) is 0 Å². The SMILES string of the molecule is O=C(NNc1cccc2ncccc12)C1(c2ccc(F)cc2)CCCCC1. The van der Waals surface area contributed by atoms with Crippen molar-refractivity contribution in [3.63, 3.8) is 0 Å². The van der Waals surface area contributed by atoms with E-state index in [0.29, 0.717) is 0 Å². The van der Waals surface area contributed by atoms with Crippen molar-refractivity contribution in [3.05, 3.63) is 72.2 Å². The van der Waals surface area contributed by atoms with Crippen molar-refractivity contribution in [2.75, 3.05) is 5.43 Å². The molecule has 0 bridgehead atoms. The number of nitrogens with one attached hydrogen (secondary N) is 2. The molecule has 4 rings (SSSR count). The molecule has 0 unspecified atom stereocenters. The van der Waals surface area contributed by atoms with Crippen LogP contribution in [-0.2, 0) is 10.2 Å². The fourth-order valence-corrected chi connectivity index (χ4v) is 4.03. The lowest BCUT2D eigenvalue weighted by Gasteiger charge is -2.36. The number of hydrogen-bond acceptors (Lipinski definition) is 3. The van der Waals surface area contributed by atoms with Crippen molar-refractivity contribution in [3.8, 4) is 0 Å². The number of aromatic nitrogens is 1. The first kappa shape index (κ1) is 17.5. The first-order valence-corrected chi connectivity index (χ1v) is 9.35. The predicted octanol–water partition coefficient (Wildman–Crippen LogP) is 4.72. The maximum Gasteiger partial charge on any atom is 0.248 e. The van der Waals surface area contributed by atoms with Crippen LogP contribution in [0.4, 0.5) is 10.1 Å². The van der Waals surface area contributed by atoms with Gasteiger partial charge in [-0.15, -0.1) is 0 Å². The zero-order chi connectivity index (χ0) is 18.7. The molecule has 3 aromatic rings. The van der Waals surface area contributed by atoms with Gasteiger partial charge in [-0.1, -0.05) is 37.5 Å². The van der Waals surface area contributed by atoms with Crippen molar-refractivity contribution in [1.29, 1.82) is 0 Å². The van der Waals surface area contributed by atoms with E-state index in [9.17, 15) is 9.18 Å². The van der Waals surface area contributed by atoms with E-state index < -0.39 is 5.41 Å². The highest BCUT2D eigenvalue weighted by Gasteiger charge is 2.41. The summed E-state index contributed by atoms with van der Waals surface area (Å²) in [6, 6.07) is 15.9. The summed E-state index contributed by atoms with van der Waals surface area (Å²) in [6.45, 7) is 0. The van der Waals surface area contributed by atoms with E-state index in [-0.39, 0.29) is 11.7 Å². The zero-order valence-corrected chi connectivity index (χ0v) is 15.0. The second-order valence-corrected chi connectivity index (χ2v) is 7.10. The normalized spacial score (nSPS) is 16.0. The zero-order valence-electron chi connectivity index (χ0n) is 15.0. The van der Waals surface area contributed by atoms with E-state index in [1.54, 1.807) is 18.3 Å². The third kappa shape index (κ3) is 3.37. The van der Waals surface area contributed by atoms with E-state index in [1.807, 2.05) is 30.3 Å². The Kier molecular flexibility index (Phi) is 4.75. The number of nitrogens with zero attached hydrogens (tertiary/aromatic N) is 1. The molecule has 1 aliphatic carbocycles. The maximum absolute atomic E-state index is 13.4. The molecular weight excluding hydrogens is 341 g/mol. The summed E-state index contributed by atoms with van der Waals surface area (Å²) in [5, 5.41) is 0.944. The number of halogens is 1. The molecular formula is C22H22FN3O. The third-order valence-corrected chi connectivity index (χ3v) is 5.49. The van der Waals surface area contributed by atoms with Crippen LogP contribution in [0.25, 0.3) is 10.9 Å². The molecule has 27 heavy (non-hydrogen) atoms. The number of hydrogen-bond donors (Lipinski definition) is 2. The minimum atomic E-state index is -0.623. The van der Waals surface area contributed by atoms with Gasteiger partial charge in [0.15, 0.2) is 0 Å². The van der Waals surface area contributed by atoms with Gasteiger partial charge < -0.3 is 0 Å². The molecule has 4 nitrogen and oxygen atoms in total. The van der Waals surface area contributed by atoms with E-state index in [1.165, 1.54) is 12.1 Å². The van der Waals surface area contributed by atoms with Gasteiger partial charge in [0, 0.05) is 11.6 Å². The summed E-state index contributed by atoms with van der Waals surface area (Å²) in [7, 11) is 0. The number of carbonyl (C=O) groups is 1. The minimum absolute atomic E-state index is 0.0744. The number of anilines is 1. The molecule has 1 fully saturated rings. The van der Waals surface area contributed by atoms with Gasteiger partial charge in [-0.25, -0.2) is 4.39 Å². The highest BCUT2D eigenvalue weighted by molar-refractivity contribution is 5.94. The number of rotatable bonds is 4. The van der Waals surface area contributed by atoms with Crippen LogP contribution in [0.15, 0.2) is 60.8 Å². The van der Waals surface area contributed by atoms with E-state index in [4.69, 9.17) is 0 Å². The van der Waals surface area contributed by atoms with Crippen LogP contribution in [0.5, 0.6) is 0 Å². The average molecular weight is 363 g/mol. The molecule has 5 heteroatoms. The average Bonchev–Trinajstić information content (AvgIpc) is 2.73. The van der Waals surface area contributed by atoms with Gasteiger partial charge >= 0.3 is 0 Å². The number of benzene rings is 2. The van der Waals surface area contributed by atoms with Gasteiger partial charge in [0.2, 0.25) is 5.91 Å². The molecule has 0 aliphatic heterocycles. The fraction of sp³-hybridized carbons (Fsp3) is 0.273. The molecule has 2 aromatic carbocycles. The summed E-state index contributed by atoms with van der Waals surface area (Å²) in [4.78, 5) is 17.6. The summed E-state index contributed by atoms with van der Waals surface area (Å²) in [6.07, 6.45) is 6.38. The number of carbonyl (C=O) groups excluding carboxylic acids is 1. The van der Waals surface area contributed by atoms with Crippen molar-refractivity contribution < 1.29 is 9.18 Å². The number of hydrazine groups is 1. The minimum Gasteiger partial charge on any atom is -0.298 e. The number of fused-ring (bicyclic) bond motifs is 1. The quantitative estimate of drug-likeness (QED) is 0.660. The standard InChI is InChI=1S/C22H22FN3O/c23-17-11-9-16(10-12-17)22(13-2-1-3-14-22)21(27)26-25-20-8-4-7-19-18(20)6-5-15-24-19/h4-12,15,25H,1-3,13-14H2,(H,26,27). The molecule has 2 N–H and O–H groups in total. The van der Waals surface area contributed by atoms with Gasteiger partial charge in [-0.3, -0.25) is 20.6 Å². The van der Waals surface area contributed by atoms with Crippen LogP contribution < -0.4 is 10.9 Å². The summed E-state index contributed by atoms with van der Waals surface area (Å²) < 4.78 is 13.4. The number of pyridine rings is 1. The smallest absolute Gasteiger partial charge is 0.248 e. The maximum atomic E-state index is 13.4. The van der Waals surface area contributed by atoms with Crippen molar-refractivity contribution >= 4 is 22.5 Å². The molecule has 138 valence electrons. The van der Waals surface area contributed by atoms with Crippen molar-refractivity contribution in [1.82, 2.24) is 10.4 Å². The van der Waals surface area contributed by atoms with Crippen LogP contribution in [-0.4, -0.2) is 10.9 Å². The first-order valence-electron chi connectivity index (χ1n) is 9.35. The lowest BCUT2D eigenvalue weighted by atomic mass is 9.69. The molecule has 0 atom stereocenters. The Morgan fingerprint density at radius 1 is 0.963 bits per heavy atom.